The summed E-state index contributed by atoms with van der Waals surface area (Å²) >= 11 is 0. The Labute approximate surface area is 97.1 Å². The number of aliphatic hydroxyl groups is 1. The Morgan fingerprint density at radius 2 is 2.18 bits per heavy atom. The quantitative estimate of drug-likeness (QED) is 0.726. The first kappa shape index (κ1) is 10.4. The summed E-state index contributed by atoms with van der Waals surface area (Å²) in [4.78, 5) is 12.2. The zero-order valence-corrected chi connectivity index (χ0v) is 9.36. The Morgan fingerprint density at radius 1 is 1.41 bits per heavy atom. The van der Waals surface area contributed by atoms with Gasteiger partial charge in [-0.2, -0.15) is 0 Å². The molecule has 0 spiro atoms. The highest BCUT2D eigenvalue weighted by Crippen LogP contribution is 2.33. The van der Waals surface area contributed by atoms with Crippen molar-refractivity contribution in [3.05, 3.63) is 39.2 Å². The van der Waals surface area contributed by atoms with E-state index in [9.17, 15) is 15.0 Å². The maximum atomic E-state index is 12.2. The lowest BCUT2D eigenvalue weighted by atomic mass is 10.1. The van der Waals surface area contributed by atoms with Crippen LogP contribution in [0.2, 0.25) is 0 Å². The van der Waals surface area contributed by atoms with Crippen molar-refractivity contribution >= 4 is 11.0 Å². The van der Waals surface area contributed by atoms with E-state index in [2.05, 4.69) is 0 Å². The van der Waals surface area contributed by atoms with Gasteiger partial charge in [0.1, 0.15) is 22.5 Å². The molecular formula is C13H12O4. The highest BCUT2D eigenvalue weighted by Gasteiger charge is 2.28. The van der Waals surface area contributed by atoms with E-state index in [-0.39, 0.29) is 16.6 Å². The predicted molar refractivity (Wildman–Crippen MR) is 62.2 cm³/mol. The van der Waals surface area contributed by atoms with E-state index in [1.807, 2.05) is 6.92 Å². The fourth-order valence-electron chi connectivity index (χ4n) is 2.43. The zero-order chi connectivity index (χ0) is 12.2. The molecule has 0 saturated heterocycles. The van der Waals surface area contributed by atoms with Gasteiger partial charge < -0.3 is 14.6 Å². The molecule has 4 nitrogen and oxygen atoms in total. The van der Waals surface area contributed by atoms with Crippen molar-refractivity contribution in [1.82, 2.24) is 0 Å². The molecular weight excluding hydrogens is 220 g/mol. The molecule has 1 aliphatic rings. The van der Waals surface area contributed by atoms with Crippen LogP contribution in [0.5, 0.6) is 5.75 Å². The largest absolute Gasteiger partial charge is 0.507 e. The summed E-state index contributed by atoms with van der Waals surface area (Å²) in [6.07, 6.45) is 0.298. The fraction of sp³-hybridized carbons (Fsp3) is 0.308. The number of phenols is 1. The number of hydrogen-bond acceptors (Lipinski definition) is 4. The van der Waals surface area contributed by atoms with Crippen LogP contribution in [0.15, 0.2) is 21.3 Å². The molecule has 17 heavy (non-hydrogen) atoms. The monoisotopic (exact) mass is 232 g/mol. The molecule has 0 saturated carbocycles. The van der Waals surface area contributed by atoms with Gasteiger partial charge in [0.15, 0.2) is 0 Å². The minimum absolute atomic E-state index is 0.0874. The molecule has 1 aromatic heterocycles. The minimum Gasteiger partial charge on any atom is -0.507 e. The van der Waals surface area contributed by atoms with Crippen LogP contribution in [0.4, 0.5) is 0 Å². The van der Waals surface area contributed by atoms with Crippen LogP contribution in [0.25, 0.3) is 11.0 Å². The van der Waals surface area contributed by atoms with Crippen LogP contribution in [-0.4, -0.2) is 10.2 Å². The Bertz CT molecular complexity index is 669. The minimum atomic E-state index is -0.772. The fourth-order valence-corrected chi connectivity index (χ4v) is 2.43. The van der Waals surface area contributed by atoms with Gasteiger partial charge in [0, 0.05) is 6.42 Å². The number of phenolic OH excluding ortho intramolecular Hbond substituents is 1. The smallest absolute Gasteiger partial charge is 0.202 e. The molecule has 0 radical (unpaired) electrons. The molecule has 1 atom stereocenters. The number of rotatable bonds is 0. The molecule has 0 bridgehead atoms. The van der Waals surface area contributed by atoms with Crippen molar-refractivity contribution in [1.29, 1.82) is 0 Å². The Morgan fingerprint density at radius 3 is 2.94 bits per heavy atom. The van der Waals surface area contributed by atoms with E-state index in [0.29, 0.717) is 29.7 Å². The molecule has 4 heteroatoms. The lowest BCUT2D eigenvalue weighted by molar-refractivity contribution is 0.179. The number of benzene rings is 1. The Hall–Kier alpha value is -1.81. The standard InChI is InChI=1S/C13H12O4/c1-6-4-8(15)12-10(5-6)17-9-3-2-7(14)11(9)13(12)16/h4-5,7,14-15H,2-3H2,1H3/t7-/m1/s1. The van der Waals surface area contributed by atoms with Gasteiger partial charge in [-0.25, -0.2) is 0 Å². The van der Waals surface area contributed by atoms with Crippen LogP contribution in [0.1, 0.15) is 29.4 Å². The lowest BCUT2D eigenvalue weighted by Gasteiger charge is -2.06. The molecule has 0 unspecified atom stereocenters. The normalized spacial score (nSPS) is 18.6. The number of hydrogen-bond donors (Lipinski definition) is 2. The van der Waals surface area contributed by atoms with Crippen LogP contribution in [-0.2, 0) is 6.42 Å². The van der Waals surface area contributed by atoms with Crippen molar-refractivity contribution in [2.24, 2.45) is 0 Å². The van der Waals surface area contributed by atoms with Crippen molar-refractivity contribution in [2.75, 3.05) is 0 Å². The van der Waals surface area contributed by atoms with E-state index in [1.54, 1.807) is 6.07 Å². The van der Waals surface area contributed by atoms with E-state index in [0.717, 1.165) is 5.56 Å². The maximum absolute atomic E-state index is 12.2. The second-order valence-corrected chi connectivity index (χ2v) is 4.48. The second kappa shape index (κ2) is 3.34. The van der Waals surface area contributed by atoms with Gasteiger partial charge >= 0.3 is 0 Å². The van der Waals surface area contributed by atoms with Gasteiger partial charge in [0.25, 0.3) is 0 Å². The summed E-state index contributed by atoms with van der Waals surface area (Å²) in [5.74, 6) is 0.454. The molecule has 1 heterocycles. The summed E-state index contributed by atoms with van der Waals surface area (Å²) in [6, 6.07) is 3.24. The molecule has 1 aromatic carbocycles. The molecule has 2 aromatic rings. The Balaban J connectivity index is 2.49. The highest BCUT2D eigenvalue weighted by atomic mass is 16.3. The summed E-state index contributed by atoms with van der Waals surface area (Å²) in [5.41, 5.74) is 1.21. The van der Waals surface area contributed by atoms with Crippen LogP contribution in [0.3, 0.4) is 0 Å². The van der Waals surface area contributed by atoms with Crippen molar-refractivity contribution < 1.29 is 14.6 Å². The molecule has 88 valence electrons. The Kier molecular flexibility index (Phi) is 2.03. The highest BCUT2D eigenvalue weighted by molar-refractivity contribution is 5.84. The number of fused-ring (bicyclic) bond motifs is 2. The van der Waals surface area contributed by atoms with Gasteiger partial charge in [-0.1, -0.05) is 0 Å². The molecule has 0 aliphatic heterocycles. The number of aryl methyl sites for hydroxylation is 2. The third-order valence-electron chi connectivity index (χ3n) is 3.21. The SMILES string of the molecule is Cc1cc(O)c2c(=O)c3c(oc2c1)CC[C@H]3O. The summed E-state index contributed by atoms with van der Waals surface area (Å²) in [6.45, 7) is 1.82. The van der Waals surface area contributed by atoms with Crippen molar-refractivity contribution in [3.8, 4) is 5.75 Å². The molecule has 3 rings (SSSR count). The molecule has 0 amide bonds. The summed E-state index contributed by atoms with van der Waals surface area (Å²) in [5, 5.41) is 19.7. The van der Waals surface area contributed by atoms with Crippen LogP contribution >= 0.6 is 0 Å². The van der Waals surface area contributed by atoms with Gasteiger partial charge in [-0.3, -0.25) is 4.79 Å². The molecule has 0 fully saturated rings. The van der Waals surface area contributed by atoms with Gasteiger partial charge in [-0.05, 0) is 31.0 Å². The number of aromatic hydroxyl groups is 1. The van der Waals surface area contributed by atoms with Crippen LogP contribution in [0, 0.1) is 6.92 Å². The van der Waals surface area contributed by atoms with Crippen molar-refractivity contribution in [3.63, 3.8) is 0 Å². The lowest BCUT2D eigenvalue weighted by Crippen LogP contribution is -2.11. The number of aliphatic hydroxyl groups excluding tert-OH is 1. The first-order valence-corrected chi connectivity index (χ1v) is 5.55. The third-order valence-corrected chi connectivity index (χ3v) is 3.21. The maximum Gasteiger partial charge on any atom is 0.202 e. The van der Waals surface area contributed by atoms with Gasteiger partial charge in [0.05, 0.1) is 11.7 Å². The summed E-state index contributed by atoms with van der Waals surface area (Å²) in [7, 11) is 0. The second-order valence-electron chi connectivity index (χ2n) is 4.48. The molecule has 1 aliphatic carbocycles. The topological polar surface area (TPSA) is 70.7 Å². The van der Waals surface area contributed by atoms with Crippen molar-refractivity contribution in [2.45, 2.75) is 25.9 Å². The average molecular weight is 232 g/mol. The molecule has 2 N–H and O–H groups in total. The van der Waals surface area contributed by atoms with Gasteiger partial charge in [-0.15, -0.1) is 0 Å². The van der Waals surface area contributed by atoms with E-state index < -0.39 is 6.10 Å². The third kappa shape index (κ3) is 1.37. The van der Waals surface area contributed by atoms with E-state index in [4.69, 9.17) is 4.42 Å². The zero-order valence-electron chi connectivity index (χ0n) is 9.36. The van der Waals surface area contributed by atoms with Crippen LogP contribution < -0.4 is 5.43 Å². The van der Waals surface area contributed by atoms with E-state index in [1.165, 1.54) is 6.07 Å². The summed E-state index contributed by atoms with van der Waals surface area (Å²) < 4.78 is 5.60. The van der Waals surface area contributed by atoms with Gasteiger partial charge in [0.2, 0.25) is 5.43 Å². The van der Waals surface area contributed by atoms with E-state index >= 15 is 0 Å². The first-order chi connectivity index (χ1) is 8.08. The average Bonchev–Trinajstić information content (AvgIpc) is 2.59. The predicted octanol–water partition coefficient (Wildman–Crippen LogP) is 1.79. The first-order valence-electron chi connectivity index (χ1n) is 5.55.